The molecule has 1 aliphatic carbocycles. The predicted molar refractivity (Wildman–Crippen MR) is 105 cm³/mol. The number of carbonyl (C=O) groups is 1. The Balaban J connectivity index is 1.28. The summed E-state index contributed by atoms with van der Waals surface area (Å²) in [6.45, 7) is 0. The summed E-state index contributed by atoms with van der Waals surface area (Å²) < 4.78 is 5.66. The van der Waals surface area contributed by atoms with Crippen molar-refractivity contribution in [3.05, 3.63) is 28.0 Å². The minimum Gasteiger partial charge on any atom is -0.410 e. The maximum absolute atomic E-state index is 12.5. The van der Waals surface area contributed by atoms with Gasteiger partial charge in [-0.3, -0.25) is 4.79 Å². The van der Waals surface area contributed by atoms with Gasteiger partial charge in [-0.05, 0) is 47.6 Å². The van der Waals surface area contributed by atoms with E-state index in [2.05, 4.69) is 20.2 Å². The van der Waals surface area contributed by atoms with E-state index < -0.39 is 0 Å². The smallest absolute Gasteiger partial charge is 0.277 e. The molecule has 2 aliphatic heterocycles. The molecule has 0 N–H and O–H groups in total. The standard InChI is InChI=1S/C17H14N4O2S3/c22-14-13-9-4-1-2-5-10(9)26-16(13)19-12(18-14)8-25-17-21-20-15(23-17)11-6-3-7-24-11/h3,6-7,13H,1-2,4-5,8H2. The molecule has 2 aromatic heterocycles. The molecule has 3 aliphatic rings. The average Bonchev–Trinajstić information content (AvgIpc) is 3.37. The molecule has 0 fully saturated rings. The van der Waals surface area contributed by atoms with Crippen LogP contribution in [0.15, 0.2) is 47.6 Å². The number of hydrogen-bond acceptors (Lipinski definition) is 8. The van der Waals surface area contributed by atoms with Crippen molar-refractivity contribution in [2.24, 2.45) is 15.9 Å². The Morgan fingerprint density at radius 3 is 3.04 bits per heavy atom. The van der Waals surface area contributed by atoms with E-state index in [4.69, 9.17) is 4.42 Å². The van der Waals surface area contributed by atoms with E-state index in [1.807, 2.05) is 17.5 Å². The summed E-state index contributed by atoms with van der Waals surface area (Å²) >= 11 is 4.59. The van der Waals surface area contributed by atoms with Crippen molar-refractivity contribution in [3.8, 4) is 10.8 Å². The Bertz CT molecular complexity index is 959. The highest BCUT2D eigenvalue weighted by Gasteiger charge is 2.40. The van der Waals surface area contributed by atoms with Crippen LogP contribution in [0.2, 0.25) is 0 Å². The van der Waals surface area contributed by atoms with E-state index in [0.29, 0.717) is 22.7 Å². The second-order valence-electron chi connectivity index (χ2n) is 6.15. The summed E-state index contributed by atoms with van der Waals surface area (Å²) in [4.78, 5) is 23.7. The third kappa shape index (κ3) is 2.97. The number of fused-ring (bicyclic) bond motifs is 2. The largest absolute Gasteiger partial charge is 0.410 e. The summed E-state index contributed by atoms with van der Waals surface area (Å²) in [5.74, 6) is 1.21. The van der Waals surface area contributed by atoms with Crippen LogP contribution in [0.4, 0.5) is 0 Å². The predicted octanol–water partition coefficient (Wildman–Crippen LogP) is 4.42. The number of allylic oxidation sites excluding steroid dienone is 1. The number of rotatable bonds is 4. The molecule has 1 amide bonds. The molecule has 1 atom stereocenters. The molecular formula is C17H14N4O2S3. The first-order valence-electron chi connectivity index (χ1n) is 8.38. The van der Waals surface area contributed by atoms with E-state index in [9.17, 15) is 4.79 Å². The number of aromatic nitrogens is 2. The number of thioether (sulfide) groups is 2. The third-order valence-electron chi connectivity index (χ3n) is 4.47. The van der Waals surface area contributed by atoms with Crippen LogP contribution in [0.3, 0.4) is 0 Å². The number of aliphatic imine (C=N–C) groups is 2. The van der Waals surface area contributed by atoms with Gasteiger partial charge in [-0.2, -0.15) is 4.99 Å². The van der Waals surface area contributed by atoms with E-state index in [-0.39, 0.29) is 11.8 Å². The first-order chi connectivity index (χ1) is 12.8. The Morgan fingerprint density at radius 2 is 2.15 bits per heavy atom. The topological polar surface area (TPSA) is 80.7 Å². The van der Waals surface area contributed by atoms with Gasteiger partial charge in [0.2, 0.25) is 0 Å². The molecule has 5 rings (SSSR count). The fourth-order valence-corrected chi connectivity index (χ4v) is 5.93. The zero-order valence-corrected chi connectivity index (χ0v) is 16.1. The van der Waals surface area contributed by atoms with Crippen LogP contribution in [0.1, 0.15) is 25.7 Å². The number of amidine groups is 1. The Hall–Kier alpha value is -1.71. The molecule has 0 saturated heterocycles. The lowest BCUT2D eigenvalue weighted by Gasteiger charge is -2.18. The van der Waals surface area contributed by atoms with Crippen molar-refractivity contribution in [3.63, 3.8) is 0 Å². The van der Waals surface area contributed by atoms with Crippen LogP contribution in [-0.2, 0) is 4.79 Å². The Morgan fingerprint density at radius 1 is 1.23 bits per heavy atom. The number of carbonyl (C=O) groups excluding carboxylic acids is 1. The molecule has 132 valence electrons. The summed E-state index contributed by atoms with van der Waals surface area (Å²) in [5.41, 5.74) is 1.26. The van der Waals surface area contributed by atoms with Crippen molar-refractivity contribution in [2.45, 2.75) is 30.9 Å². The van der Waals surface area contributed by atoms with Gasteiger partial charge in [0.05, 0.1) is 15.7 Å². The second kappa shape index (κ2) is 6.79. The van der Waals surface area contributed by atoms with E-state index in [1.165, 1.54) is 28.7 Å². The normalized spacial score (nSPS) is 22.2. The van der Waals surface area contributed by atoms with E-state index in [1.54, 1.807) is 23.1 Å². The molecule has 9 heteroatoms. The molecule has 6 nitrogen and oxygen atoms in total. The van der Waals surface area contributed by atoms with Gasteiger partial charge >= 0.3 is 0 Å². The molecular weight excluding hydrogens is 388 g/mol. The maximum Gasteiger partial charge on any atom is 0.277 e. The average molecular weight is 403 g/mol. The molecule has 0 aromatic carbocycles. The second-order valence-corrected chi connectivity index (χ2v) is 9.14. The van der Waals surface area contributed by atoms with Gasteiger partial charge in [0.15, 0.2) is 0 Å². The molecule has 26 heavy (non-hydrogen) atoms. The summed E-state index contributed by atoms with van der Waals surface area (Å²) in [6.07, 6.45) is 4.44. The first kappa shape index (κ1) is 16.5. The van der Waals surface area contributed by atoms with Crippen molar-refractivity contribution < 1.29 is 9.21 Å². The van der Waals surface area contributed by atoms with Gasteiger partial charge in [0.1, 0.15) is 11.8 Å². The van der Waals surface area contributed by atoms with E-state index in [0.717, 1.165) is 29.2 Å². The Kier molecular flexibility index (Phi) is 4.30. The van der Waals surface area contributed by atoms with Crippen molar-refractivity contribution in [1.29, 1.82) is 0 Å². The number of amides is 1. The van der Waals surface area contributed by atoms with E-state index >= 15 is 0 Å². The molecule has 0 radical (unpaired) electrons. The molecule has 4 heterocycles. The van der Waals surface area contributed by atoms with Crippen molar-refractivity contribution >= 4 is 51.6 Å². The molecule has 0 spiro atoms. The lowest BCUT2D eigenvalue weighted by atomic mass is 9.89. The first-order valence-corrected chi connectivity index (χ1v) is 11.1. The van der Waals surface area contributed by atoms with Crippen LogP contribution in [-0.4, -0.2) is 32.7 Å². The number of nitrogens with zero attached hydrogens (tertiary/aromatic N) is 4. The van der Waals surface area contributed by atoms with Gasteiger partial charge in [-0.1, -0.05) is 29.6 Å². The fraction of sp³-hybridized carbons (Fsp3) is 0.353. The summed E-state index contributed by atoms with van der Waals surface area (Å²) in [5, 5.41) is 11.4. The van der Waals surface area contributed by atoms with Crippen LogP contribution in [0.25, 0.3) is 10.8 Å². The van der Waals surface area contributed by atoms with Gasteiger partial charge in [-0.25, -0.2) is 4.99 Å². The van der Waals surface area contributed by atoms with Gasteiger partial charge in [0, 0.05) is 0 Å². The zero-order valence-electron chi connectivity index (χ0n) is 13.7. The Labute approximate surface area is 162 Å². The SMILES string of the molecule is O=C1N=C(CSc2nnc(-c3cccs3)o2)N=C2SC3=C(CCCC3)C12. The number of thiophene rings is 1. The highest BCUT2D eigenvalue weighted by Crippen LogP contribution is 2.47. The molecule has 1 unspecified atom stereocenters. The molecule has 0 bridgehead atoms. The monoisotopic (exact) mass is 402 g/mol. The lowest BCUT2D eigenvalue weighted by molar-refractivity contribution is -0.118. The minimum atomic E-state index is -0.210. The number of hydrogen-bond donors (Lipinski definition) is 0. The van der Waals surface area contributed by atoms with Crippen LogP contribution < -0.4 is 0 Å². The molecule has 0 saturated carbocycles. The van der Waals surface area contributed by atoms with Crippen LogP contribution in [0, 0.1) is 5.92 Å². The summed E-state index contributed by atoms with van der Waals surface area (Å²) in [7, 11) is 0. The highest BCUT2D eigenvalue weighted by molar-refractivity contribution is 8.17. The fourth-order valence-electron chi connectivity index (χ4n) is 3.30. The minimum absolute atomic E-state index is 0.0743. The van der Waals surface area contributed by atoms with Gasteiger partial charge < -0.3 is 4.42 Å². The summed E-state index contributed by atoms with van der Waals surface area (Å²) in [6, 6.07) is 3.88. The van der Waals surface area contributed by atoms with Crippen molar-refractivity contribution in [1.82, 2.24) is 10.2 Å². The lowest BCUT2D eigenvalue weighted by Crippen LogP contribution is -2.26. The maximum atomic E-state index is 12.5. The van der Waals surface area contributed by atoms with Crippen LogP contribution in [0.5, 0.6) is 0 Å². The van der Waals surface area contributed by atoms with Crippen molar-refractivity contribution in [2.75, 3.05) is 5.75 Å². The highest BCUT2D eigenvalue weighted by atomic mass is 32.2. The van der Waals surface area contributed by atoms with Gasteiger partial charge in [0.25, 0.3) is 17.0 Å². The quantitative estimate of drug-likeness (QED) is 0.704. The van der Waals surface area contributed by atoms with Crippen LogP contribution >= 0.6 is 34.9 Å². The molecule has 2 aromatic rings. The van der Waals surface area contributed by atoms with Gasteiger partial charge in [-0.15, -0.1) is 21.5 Å². The third-order valence-corrected chi connectivity index (χ3v) is 7.39. The zero-order chi connectivity index (χ0) is 17.5.